The summed E-state index contributed by atoms with van der Waals surface area (Å²) < 4.78 is 5.34. The monoisotopic (exact) mass is 166 g/mol. The minimum Gasteiger partial charge on any atom is -0.493 e. The molecular weight excluding hydrogens is 152 g/mol. The molecule has 0 spiro atoms. The molecule has 1 unspecified atom stereocenters. The highest BCUT2D eigenvalue weighted by Gasteiger charge is 2.06. The van der Waals surface area contributed by atoms with Crippen molar-refractivity contribution in [3.05, 3.63) is 29.8 Å². The van der Waals surface area contributed by atoms with Crippen LogP contribution in [0.1, 0.15) is 25.5 Å². The highest BCUT2D eigenvalue weighted by atomic mass is 16.5. The molecule has 12 heavy (non-hydrogen) atoms. The van der Waals surface area contributed by atoms with Crippen LogP contribution in [0, 0.1) is 0 Å². The Bertz CT molecular complexity index is 243. The van der Waals surface area contributed by atoms with E-state index in [4.69, 9.17) is 4.74 Å². The summed E-state index contributed by atoms with van der Waals surface area (Å²) in [7, 11) is 0. The molecule has 0 bridgehead atoms. The molecule has 0 aliphatic carbocycles. The lowest BCUT2D eigenvalue weighted by atomic mass is 10.1. The molecule has 1 aromatic rings. The van der Waals surface area contributed by atoms with E-state index in [1.165, 1.54) is 0 Å². The molecule has 0 radical (unpaired) electrons. The van der Waals surface area contributed by atoms with Crippen molar-refractivity contribution in [2.75, 3.05) is 6.61 Å². The first kappa shape index (κ1) is 9.07. The zero-order valence-electron chi connectivity index (χ0n) is 7.45. The van der Waals surface area contributed by atoms with Gasteiger partial charge in [-0.2, -0.15) is 0 Å². The molecule has 0 aromatic heterocycles. The molecule has 66 valence electrons. The van der Waals surface area contributed by atoms with Crippen molar-refractivity contribution in [1.82, 2.24) is 0 Å². The molecule has 0 amide bonds. The lowest BCUT2D eigenvalue weighted by molar-refractivity contribution is 0.192. The third-order valence-corrected chi connectivity index (χ3v) is 1.67. The van der Waals surface area contributed by atoms with Gasteiger partial charge in [-0.15, -0.1) is 0 Å². The third-order valence-electron chi connectivity index (χ3n) is 1.67. The predicted octanol–water partition coefficient (Wildman–Crippen LogP) is 2.14. The number of para-hydroxylation sites is 1. The second kappa shape index (κ2) is 4.12. The lowest BCUT2D eigenvalue weighted by Crippen LogP contribution is -1.98. The van der Waals surface area contributed by atoms with Gasteiger partial charge in [0.05, 0.1) is 12.7 Å². The number of hydrogen-bond donors (Lipinski definition) is 1. The molecule has 1 atom stereocenters. The van der Waals surface area contributed by atoms with E-state index in [1.807, 2.05) is 31.2 Å². The molecule has 0 saturated heterocycles. The van der Waals surface area contributed by atoms with E-state index >= 15 is 0 Å². The van der Waals surface area contributed by atoms with Gasteiger partial charge in [-0.25, -0.2) is 0 Å². The van der Waals surface area contributed by atoms with Crippen LogP contribution in [0.4, 0.5) is 0 Å². The highest BCUT2D eigenvalue weighted by Crippen LogP contribution is 2.24. The lowest BCUT2D eigenvalue weighted by Gasteiger charge is -2.11. The van der Waals surface area contributed by atoms with Gasteiger partial charge in [0.15, 0.2) is 0 Å². The maximum Gasteiger partial charge on any atom is 0.125 e. The topological polar surface area (TPSA) is 29.5 Å². The summed E-state index contributed by atoms with van der Waals surface area (Å²) in [6.45, 7) is 4.29. The van der Waals surface area contributed by atoms with Crippen molar-refractivity contribution in [2.45, 2.75) is 20.0 Å². The van der Waals surface area contributed by atoms with Gasteiger partial charge in [0.1, 0.15) is 5.75 Å². The van der Waals surface area contributed by atoms with E-state index in [-0.39, 0.29) is 0 Å². The molecule has 0 aliphatic rings. The SMILES string of the molecule is CCOc1ccccc1C(C)O. The van der Waals surface area contributed by atoms with Crippen LogP contribution in [-0.2, 0) is 0 Å². The molecule has 2 nitrogen and oxygen atoms in total. The average Bonchev–Trinajstić information content (AvgIpc) is 2.05. The fourth-order valence-electron chi connectivity index (χ4n) is 1.11. The molecule has 1 aromatic carbocycles. The Morgan fingerprint density at radius 2 is 2.08 bits per heavy atom. The number of aliphatic hydroxyl groups excluding tert-OH is 1. The first-order valence-corrected chi connectivity index (χ1v) is 4.15. The molecule has 0 aliphatic heterocycles. The Balaban J connectivity index is 2.92. The summed E-state index contributed by atoms with van der Waals surface area (Å²) in [5, 5.41) is 9.35. The van der Waals surface area contributed by atoms with Gasteiger partial charge in [-0.1, -0.05) is 18.2 Å². The fraction of sp³-hybridized carbons (Fsp3) is 0.400. The van der Waals surface area contributed by atoms with Crippen LogP contribution in [0.15, 0.2) is 24.3 Å². The summed E-state index contributed by atoms with van der Waals surface area (Å²) in [5.41, 5.74) is 0.847. The minimum absolute atomic E-state index is 0.465. The van der Waals surface area contributed by atoms with E-state index in [2.05, 4.69) is 0 Å². The fourth-order valence-corrected chi connectivity index (χ4v) is 1.11. The van der Waals surface area contributed by atoms with E-state index < -0.39 is 6.10 Å². The first-order valence-electron chi connectivity index (χ1n) is 4.15. The van der Waals surface area contributed by atoms with Crippen LogP contribution in [0.5, 0.6) is 5.75 Å². The maximum atomic E-state index is 9.35. The highest BCUT2D eigenvalue weighted by molar-refractivity contribution is 5.34. The van der Waals surface area contributed by atoms with Gasteiger partial charge >= 0.3 is 0 Å². The van der Waals surface area contributed by atoms with Crippen molar-refractivity contribution in [3.8, 4) is 5.75 Å². The Labute approximate surface area is 72.8 Å². The van der Waals surface area contributed by atoms with Crippen LogP contribution in [0.25, 0.3) is 0 Å². The molecular formula is C10H14O2. The Morgan fingerprint density at radius 3 is 2.67 bits per heavy atom. The minimum atomic E-state index is -0.465. The number of hydrogen-bond acceptors (Lipinski definition) is 2. The zero-order chi connectivity index (χ0) is 8.97. The average molecular weight is 166 g/mol. The van der Waals surface area contributed by atoms with Crippen LogP contribution in [-0.4, -0.2) is 11.7 Å². The van der Waals surface area contributed by atoms with Gasteiger partial charge < -0.3 is 9.84 Å². The largest absolute Gasteiger partial charge is 0.493 e. The van der Waals surface area contributed by atoms with Crippen molar-refractivity contribution in [1.29, 1.82) is 0 Å². The van der Waals surface area contributed by atoms with Gasteiger partial charge in [-0.05, 0) is 19.9 Å². The molecule has 2 heteroatoms. The summed E-state index contributed by atoms with van der Waals surface area (Å²) >= 11 is 0. The summed E-state index contributed by atoms with van der Waals surface area (Å²) in [6.07, 6.45) is -0.465. The zero-order valence-corrected chi connectivity index (χ0v) is 7.45. The van der Waals surface area contributed by atoms with Gasteiger partial charge in [0.2, 0.25) is 0 Å². The van der Waals surface area contributed by atoms with Gasteiger partial charge in [-0.3, -0.25) is 0 Å². The van der Waals surface area contributed by atoms with Crippen LogP contribution >= 0.6 is 0 Å². The Kier molecular flexibility index (Phi) is 3.11. The predicted molar refractivity (Wildman–Crippen MR) is 48.2 cm³/mol. The van der Waals surface area contributed by atoms with E-state index in [0.29, 0.717) is 6.61 Å². The molecule has 0 saturated carbocycles. The Hall–Kier alpha value is -1.02. The summed E-state index contributed by atoms with van der Waals surface area (Å²) in [5.74, 6) is 0.773. The third kappa shape index (κ3) is 1.98. The second-order valence-electron chi connectivity index (χ2n) is 2.65. The van der Waals surface area contributed by atoms with Crippen LogP contribution in [0.3, 0.4) is 0 Å². The van der Waals surface area contributed by atoms with E-state index in [1.54, 1.807) is 6.92 Å². The second-order valence-corrected chi connectivity index (χ2v) is 2.65. The quantitative estimate of drug-likeness (QED) is 0.745. The van der Waals surface area contributed by atoms with Crippen LogP contribution in [0.2, 0.25) is 0 Å². The smallest absolute Gasteiger partial charge is 0.125 e. The molecule has 0 fully saturated rings. The number of rotatable bonds is 3. The Morgan fingerprint density at radius 1 is 1.42 bits per heavy atom. The summed E-state index contributed by atoms with van der Waals surface area (Å²) in [4.78, 5) is 0. The van der Waals surface area contributed by atoms with Crippen molar-refractivity contribution in [2.24, 2.45) is 0 Å². The van der Waals surface area contributed by atoms with E-state index in [0.717, 1.165) is 11.3 Å². The summed E-state index contributed by atoms with van der Waals surface area (Å²) in [6, 6.07) is 7.53. The van der Waals surface area contributed by atoms with Crippen molar-refractivity contribution < 1.29 is 9.84 Å². The van der Waals surface area contributed by atoms with Gasteiger partial charge in [0.25, 0.3) is 0 Å². The number of ether oxygens (including phenoxy) is 1. The standard InChI is InChI=1S/C10H14O2/c1-3-12-10-7-5-4-6-9(10)8(2)11/h4-8,11H,3H2,1-2H3. The van der Waals surface area contributed by atoms with Crippen LogP contribution < -0.4 is 4.74 Å². The molecule has 1 rings (SSSR count). The number of benzene rings is 1. The molecule has 1 N–H and O–H groups in total. The number of aliphatic hydroxyl groups is 1. The van der Waals surface area contributed by atoms with Gasteiger partial charge in [0, 0.05) is 5.56 Å². The van der Waals surface area contributed by atoms with Crippen molar-refractivity contribution >= 4 is 0 Å². The maximum absolute atomic E-state index is 9.35. The van der Waals surface area contributed by atoms with Crippen molar-refractivity contribution in [3.63, 3.8) is 0 Å². The molecule has 0 heterocycles. The van der Waals surface area contributed by atoms with E-state index in [9.17, 15) is 5.11 Å². The first-order chi connectivity index (χ1) is 5.75. The normalized spacial score (nSPS) is 12.6.